The highest BCUT2D eigenvalue weighted by Crippen LogP contribution is 2.29. The van der Waals surface area contributed by atoms with Crippen molar-refractivity contribution in [3.8, 4) is 0 Å². The van der Waals surface area contributed by atoms with Crippen LogP contribution in [-0.4, -0.2) is 19.6 Å². The average molecular weight is 386 g/mol. The first-order chi connectivity index (χ1) is 12.7. The summed E-state index contributed by atoms with van der Waals surface area (Å²) < 4.78 is 6.24. The predicted molar refractivity (Wildman–Crippen MR) is 107 cm³/mol. The Labute approximate surface area is 162 Å². The number of amides is 1. The summed E-state index contributed by atoms with van der Waals surface area (Å²) in [4.78, 5) is 14.0. The van der Waals surface area contributed by atoms with Gasteiger partial charge in [0.15, 0.2) is 0 Å². The van der Waals surface area contributed by atoms with Crippen LogP contribution in [0.4, 0.5) is 0 Å². The topological polar surface area (TPSA) is 38.3 Å². The van der Waals surface area contributed by atoms with E-state index >= 15 is 0 Å². The Morgan fingerprint density at radius 1 is 1.00 bits per heavy atom. The van der Waals surface area contributed by atoms with Crippen molar-refractivity contribution in [2.75, 3.05) is 13.7 Å². The SMILES string of the molecule is COC(CNC(=O)C(c1ccccc1)c1ccccc1)c1ccc(Cl)s1. The van der Waals surface area contributed by atoms with Gasteiger partial charge in [-0.15, -0.1) is 11.3 Å². The lowest BCUT2D eigenvalue weighted by Gasteiger charge is -2.20. The van der Waals surface area contributed by atoms with Crippen molar-refractivity contribution in [2.45, 2.75) is 12.0 Å². The monoisotopic (exact) mass is 385 g/mol. The molecule has 1 heterocycles. The second-order valence-electron chi connectivity index (χ2n) is 5.87. The van der Waals surface area contributed by atoms with Gasteiger partial charge in [-0.3, -0.25) is 4.79 Å². The molecular weight excluding hydrogens is 366 g/mol. The fourth-order valence-corrected chi connectivity index (χ4v) is 4.02. The molecule has 0 saturated heterocycles. The van der Waals surface area contributed by atoms with Crippen molar-refractivity contribution in [3.63, 3.8) is 0 Å². The first-order valence-corrected chi connectivity index (χ1v) is 9.54. The molecule has 26 heavy (non-hydrogen) atoms. The minimum Gasteiger partial charge on any atom is -0.374 e. The number of halogens is 1. The molecule has 0 fully saturated rings. The molecule has 3 rings (SSSR count). The summed E-state index contributed by atoms with van der Waals surface area (Å²) in [5.41, 5.74) is 1.92. The summed E-state index contributed by atoms with van der Waals surface area (Å²) in [7, 11) is 1.64. The van der Waals surface area contributed by atoms with Crippen molar-refractivity contribution >= 4 is 28.8 Å². The van der Waals surface area contributed by atoms with E-state index in [4.69, 9.17) is 16.3 Å². The minimum atomic E-state index is -0.359. The minimum absolute atomic E-state index is 0.0490. The lowest BCUT2D eigenvalue weighted by atomic mass is 9.90. The second-order valence-corrected chi connectivity index (χ2v) is 7.61. The molecule has 1 N–H and O–H groups in total. The third-order valence-corrected chi connectivity index (χ3v) is 5.51. The number of thiophene rings is 1. The van der Waals surface area contributed by atoms with E-state index in [-0.39, 0.29) is 17.9 Å². The number of carbonyl (C=O) groups is 1. The van der Waals surface area contributed by atoms with Gasteiger partial charge in [-0.25, -0.2) is 0 Å². The Hall–Kier alpha value is -2.14. The van der Waals surface area contributed by atoms with Gasteiger partial charge in [-0.05, 0) is 23.3 Å². The van der Waals surface area contributed by atoms with Crippen LogP contribution in [0.5, 0.6) is 0 Å². The highest BCUT2D eigenvalue weighted by molar-refractivity contribution is 7.16. The Morgan fingerprint density at radius 3 is 2.04 bits per heavy atom. The molecule has 0 saturated carbocycles. The van der Waals surface area contributed by atoms with Gasteiger partial charge in [-0.2, -0.15) is 0 Å². The number of hydrogen-bond donors (Lipinski definition) is 1. The summed E-state index contributed by atoms with van der Waals surface area (Å²) in [6, 6.07) is 23.4. The van der Waals surface area contributed by atoms with Gasteiger partial charge in [0.25, 0.3) is 0 Å². The number of benzene rings is 2. The molecule has 0 spiro atoms. The summed E-state index contributed by atoms with van der Waals surface area (Å²) in [5.74, 6) is -0.408. The zero-order chi connectivity index (χ0) is 18.4. The van der Waals surface area contributed by atoms with Crippen LogP contribution in [0.25, 0.3) is 0 Å². The number of ether oxygens (including phenoxy) is 1. The molecule has 0 bridgehead atoms. The highest BCUT2D eigenvalue weighted by atomic mass is 35.5. The van der Waals surface area contributed by atoms with Crippen LogP contribution in [0, 0.1) is 0 Å². The molecule has 1 unspecified atom stereocenters. The Kier molecular flexibility index (Phi) is 6.45. The molecule has 134 valence electrons. The first kappa shape index (κ1) is 18.6. The van der Waals surface area contributed by atoms with Crippen LogP contribution in [0.2, 0.25) is 4.34 Å². The smallest absolute Gasteiger partial charge is 0.232 e. The first-order valence-electron chi connectivity index (χ1n) is 8.34. The number of hydrogen-bond acceptors (Lipinski definition) is 3. The van der Waals surface area contributed by atoms with Gasteiger partial charge in [-0.1, -0.05) is 72.3 Å². The van der Waals surface area contributed by atoms with Crippen LogP contribution in [-0.2, 0) is 9.53 Å². The molecule has 2 aromatic carbocycles. The van der Waals surface area contributed by atoms with Crippen LogP contribution >= 0.6 is 22.9 Å². The largest absolute Gasteiger partial charge is 0.374 e. The van der Waals surface area contributed by atoms with Crippen LogP contribution in [0.3, 0.4) is 0 Å². The van der Waals surface area contributed by atoms with E-state index in [0.29, 0.717) is 10.9 Å². The summed E-state index contributed by atoms with van der Waals surface area (Å²) in [6.45, 7) is 0.391. The summed E-state index contributed by atoms with van der Waals surface area (Å²) in [6.07, 6.45) is -0.219. The van der Waals surface area contributed by atoms with Crippen molar-refractivity contribution in [3.05, 3.63) is 93.1 Å². The molecule has 1 aromatic heterocycles. The van der Waals surface area contributed by atoms with Crippen LogP contribution in [0.15, 0.2) is 72.8 Å². The van der Waals surface area contributed by atoms with E-state index in [2.05, 4.69) is 5.32 Å². The maximum Gasteiger partial charge on any atom is 0.232 e. The molecular formula is C21H20ClNO2S. The van der Waals surface area contributed by atoms with E-state index in [9.17, 15) is 4.79 Å². The van der Waals surface area contributed by atoms with Gasteiger partial charge < -0.3 is 10.1 Å². The van der Waals surface area contributed by atoms with Gasteiger partial charge in [0.1, 0.15) is 6.10 Å². The third-order valence-electron chi connectivity index (χ3n) is 4.19. The molecule has 3 nitrogen and oxygen atoms in total. The van der Waals surface area contributed by atoms with Gasteiger partial charge in [0.2, 0.25) is 5.91 Å². The van der Waals surface area contributed by atoms with Gasteiger partial charge in [0.05, 0.1) is 10.3 Å². The Balaban J connectivity index is 1.78. The quantitative estimate of drug-likeness (QED) is 0.618. The molecule has 3 aromatic rings. The van der Waals surface area contributed by atoms with Crippen molar-refractivity contribution < 1.29 is 9.53 Å². The molecule has 0 aliphatic rings. The molecule has 1 amide bonds. The lowest BCUT2D eigenvalue weighted by Crippen LogP contribution is -2.33. The molecule has 0 radical (unpaired) electrons. The maximum atomic E-state index is 13.0. The normalized spacial score (nSPS) is 12.1. The summed E-state index contributed by atoms with van der Waals surface area (Å²) in [5, 5.41) is 3.04. The van der Waals surface area contributed by atoms with Crippen molar-refractivity contribution in [1.82, 2.24) is 5.32 Å². The fourth-order valence-electron chi connectivity index (χ4n) is 2.88. The molecule has 0 aliphatic carbocycles. The predicted octanol–water partition coefficient (Wildman–Crippen LogP) is 5.04. The standard InChI is InChI=1S/C21H20ClNO2S/c1-25-17(18-12-13-19(22)26-18)14-23-21(24)20(15-8-4-2-5-9-15)16-10-6-3-7-11-16/h2-13,17,20H,14H2,1H3,(H,23,24). The molecule has 1 atom stereocenters. The van der Waals surface area contributed by atoms with Gasteiger partial charge in [0, 0.05) is 18.5 Å². The third kappa shape index (κ3) is 4.52. The molecule has 5 heteroatoms. The van der Waals surface area contributed by atoms with E-state index in [0.717, 1.165) is 16.0 Å². The van der Waals surface area contributed by atoms with Gasteiger partial charge >= 0.3 is 0 Å². The zero-order valence-corrected chi connectivity index (χ0v) is 16.0. The van der Waals surface area contributed by atoms with E-state index in [1.807, 2.05) is 72.8 Å². The molecule has 0 aliphatic heterocycles. The van der Waals surface area contributed by atoms with E-state index in [1.165, 1.54) is 11.3 Å². The van der Waals surface area contributed by atoms with Crippen molar-refractivity contribution in [1.29, 1.82) is 0 Å². The average Bonchev–Trinajstić information content (AvgIpc) is 3.10. The van der Waals surface area contributed by atoms with E-state index < -0.39 is 0 Å². The number of carbonyl (C=O) groups excluding carboxylic acids is 1. The number of methoxy groups -OCH3 is 1. The second kappa shape index (κ2) is 8.99. The van der Waals surface area contributed by atoms with E-state index in [1.54, 1.807) is 7.11 Å². The zero-order valence-electron chi connectivity index (χ0n) is 14.4. The lowest BCUT2D eigenvalue weighted by molar-refractivity contribution is -0.122. The maximum absolute atomic E-state index is 13.0. The number of nitrogens with one attached hydrogen (secondary N) is 1. The Morgan fingerprint density at radius 2 is 1.58 bits per heavy atom. The van der Waals surface area contributed by atoms with Crippen molar-refractivity contribution in [2.24, 2.45) is 0 Å². The summed E-state index contributed by atoms with van der Waals surface area (Å²) >= 11 is 7.47. The fraction of sp³-hybridized carbons (Fsp3) is 0.190. The Bertz CT molecular complexity index is 796. The van der Waals surface area contributed by atoms with Crippen LogP contribution in [0.1, 0.15) is 28.0 Å². The van der Waals surface area contributed by atoms with Crippen LogP contribution < -0.4 is 5.32 Å². The number of rotatable bonds is 7. The highest BCUT2D eigenvalue weighted by Gasteiger charge is 2.23.